The van der Waals surface area contributed by atoms with Crippen molar-refractivity contribution in [2.45, 2.75) is 0 Å². The van der Waals surface area contributed by atoms with E-state index in [1.54, 1.807) is 0 Å². The van der Waals surface area contributed by atoms with Crippen molar-refractivity contribution in [2.24, 2.45) is 0 Å². The van der Waals surface area contributed by atoms with Crippen LogP contribution in [0, 0.1) is 23.3 Å². The second-order valence-electron chi connectivity index (χ2n) is 2.10. The molecule has 0 bridgehead atoms. The average Bonchev–Trinajstić information content (AvgIpc) is 2.13. The molecule has 72 valence electrons. The maximum Gasteiger partial charge on any atom is 0.205 e. The molecule has 0 unspecified atom stereocenters. The zero-order valence-electron chi connectivity index (χ0n) is 6.30. The van der Waals surface area contributed by atoms with Crippen molar-refractivity contribution in [1.82, 2.24) is 0 Å². The molecule has 1 aromatic carbocycles. The second kappa shape index (κ2) is 3.53. The number of ether oxygens (including phenoxy) is 1. The standard InChI is InChI=1S/C7H3BrF4O/c1-13-7-5(11)3(9)2(8)4(10)6(7)12/h1H3. The monoisotopic (exact) mass is 258 g/mol. The molecule has 0 aromatic heterocycles. The number of hydrogen-bond acceptors (Lipinski definition) is 1. The summed E-state index contributed by atoms with van der Waals surface area (Å²) < 4.78 is 54.2. The summed E-state index contributed by atoms with van der Waals surface area (Å²) in [5.74, 6) is -7.23. The molecule has 13 heavy (non-hydrogen) atoms. The molecule has 0 aliphatic rings. The van der Waals surface area contributed by atoms with E-state index in [-0.39, 0.29) is 0 Å². The van der Waals surface area contributed by atoms with Gasteiger partial charge in [0.25, 0.3) is 0 Å². The number of rotatable bonds is 1. The molecule has 0 saturated heterocycles. The lowest BCUT2D eigenvalue weighted by Crippen LogP contribution is -2.01. The van der Waals surface area contributed by atoms with E-state index in [0.717, 1.165) is 7.11 Å². The number of halogens is 5. The second-order valence-corrected chi connectivity index (χ2v) is 2.90. The average molecular weight is 259 g/mol. The van der Waals surface area contributed by atoms with E-state index in [4.69, 9.17) is 0 Å². The first-order chi connectivity index (χ1) is 6.00. The van der Waals surface area contributed by atoms with Crippen LogP contribution in [0.15, 0.2) is 4.47 Å². The Kier molecular flexibility index (Phi) is 2.80. The van der Waals surface area contributed by atoms with Crippen LogP contribution in [-0.4, -0.2) is 7.11 Å². The normalized spacial score (nSPS) is 10.3. The van der Waals surface area contributed by atoms with E-state index in [0.29, 0.717) is 0 Å². The van der Waals surface area contributed by atoms with E-state index < -0.39 is 33.5 Å². The molecular weight excluding hydrogens is 256 g/mol. The molecule has 1 nitrogen and oxygen atoms in total. The van der Waals surface area contributed by atoms with Gasteiger partial charge in [0.15, 0.2) is 17.4 Å². The fourth-order valence-corrected chi connectivity index (χ4v) is 1.11. The fraction of sp³-hybridized carbons (Fsp3) is 0.143. The third-order valence-corrected chi connectivity index (χ3v) is 2.07. The van der Waals surface area contributed by atoms with Crippen molar-refractivity contribution < 1.29 is 22.3 Å². The summed E-state index contributed by atoms with van der Waals surface area (Å²) in [7, 11) is 0.911. The molecule has 0 radical (unpaired) electrons. The van der Waals surface area contributed by atoms with Gasteiger partial charge >= 0.3 is 0 Å². The van der Waals surface area contributed by atoms with Gasteiger partial charge in [0.2, 0.25) is 11.6 Å². The van der Waals surface area contributed by atoms with E-state index in [1.165, 1.54) is 0 Å². The lowest BCUT2D eigenvalue weighted by molar-refractivity contribution is 0.330. The summed E-state index contributed by atoms with van der Waals surface area (Å²) in [4.78, 5) is 0. The first-order valence-corrected chi connectivity index (χ1v) is 3.85. The first kappa shape index (κ1) is 10.3. The van der Waals surface area contributed by atoms with Crippen molar-refractivity contribution in [3.8, 4) is 5.75 Å². The summed E-state index contributed by atoms with van der Waals surface area (Å²) in [6.07, 6.45) is 0. The molecular formula is C7H3BrF4O. The summed E-state index contributed by atoms with van der Waals surface area (Å²) in [6.45, 7) is 0. The predicted octanol–water partition coefficient (Wildman–Crippen LogP) is 3.01. The lowest BCUT2D eigenvalue weighted by Gasteiger charge is -2.06. The van der Waals surface area contributed by atoms with E-state index in [1.807, 2.05) is 0 Å². The Hall–Kier alpha value is -0.780. The largest absolute Gasteiger partial charge is 0.491 e. The maximum absolute atomic E-state index is 12.8. The molecule has 6 heteroatoms. The van der Waals surface area contributed by atoms with Crippen LogP contribution in [0.3, 0.4) is 0 Å². The van der Waals surface area contributed by atoms with Crippen LogP contribution in [0.5, 0.6) is 5.75 Å². The summed E-state index contributed by atoms with van der Waals surface area (Å²) in [5, 5.41) is 0. The number of hydrogen-bond donors (Lipinski definition) is 0. The van der Waals surface area contributed by atoms with Crippen molar-refractivity contribution in [2.75, 3.05) is 7.11 Å². The van der Waals surface area contributed by atoms with Crippen LogP contribution in [-0.2, 0) is 0 Å². The molecule has 0 heterocycles. The van der Waals surface area contributed by atoms with Crippen molar-refractivity contribution in [1.29, 1.82) is 0 Å². The van der Waals surface area contributed by atoms with Crippen LogP contribution < -0.4 is 4.74 Å². The molecule has 0 aliphatic heterocycles. The molecule has 1 aromatic rings. The molecule has 0 aliphatic carbocycles. The van der Waals surface area contributed by atoms with Gasteiger partial charge in [0, 0.05) is 0 Å². The highest BCUT2D eigenvalue weighted by Gasteiger charge is 2.24. The van der Waals surface area contributed by atoms with Gasteiger partial charge in [-0.15, -0.1) is 0 Å². The van der Waals surface area contributed by atoms with Gasteiger partial charge < -0.3 is 4.74 Å². The van der Waals surface area contributed by atoms with Gasteiger partial charge in [-0.1, -0.05) is 0 Å². The Morgan fingerprint density at radius 2 is 1.31 bits per heavy atom. The Labute approximate surface area is 79.4 Å². The number of benzene rings is 1. The van der Waals surface area contributed by atoms with Crippen LogP contribution in [0.1, 0.15) is 0 Å². The minimum absolute atomic E-state index is 0.886. The van der Waals surface area contributed by atoms with Crippen LogP contribution in [0.25, 0.3) is 0 Å². The van der Waals surface area contributed by atoms with Gasteiger partial charge in [-0.3, -0.25) is 0 Å². The molecule has 0 fully saturated rings. The molecule has 1 rings (SSSR count). The van der Waals surface area contributed by atoms with Gasteiger partial charge in [-0.2, -0.15) is 8.78 Å². The highest BCUT2D eigenvalue weighted by Crippen LogP contribution is 2.32. The topological polar surface area (TPSA) is 9.23 Å². The van der Waals surface area contributed by atoms with Gasteiger partial charge in [0.1, 0.15) is 0 Å². The fourth-order valence-electron chi connectivity index (χ4n) is 0.764. The highest BCUT2D eigenvalue weighted by molar-refractivity contribution is 9.10. The molecule has 0 saturated carbocycles. The third kappa shape index (κ3) is 1.50. The van der Waals surface area contributed by atoms with Gasteiger partial charge in [-0.05, 0) is 15.9 Å². The summed E-state index contributed by atoms with van der Waals surface area (Å²) in [6, 6.07) is 0. The first-order valence-electron chi connectivity index (χ1n) is 3.06. The summed E-state index contributed by atoms with van der Waals surface area (Å²) in [5.41, 5.74) is 0. The minimum Gasteiger partial charge on any atom is -0.491 e. The van der Waals surface area contributed by atoms with Crippen molar-refractivity contribution in [3.63, 3.8) is 0 Å². The minimum atomic E-state index is -1.56. The van der Waals surface area contributed by atoms with E-state index in [9.17, 15) is 17.6 Å². The van der Waals surface area contributed by atoms with Gasteiger partial charge in [-0.25, -0.2) is 8.78 Å². The SMILES string of the molecule is COc1c(F)c(F)c(Br)c(F)c1F. The molecule has 0 N–H and O–H groups in total. The van der Waals surface area contributed by atoms with E-state index >= 15 is 0 Å². The Balaban J connectivity index is 3.56. The highest BCUT2D eigenvalue weighted by atomic mass is 79.9. The zero-order chi connectivity index (χ0) is 10.2. The third-order valence-electron chi connectivity index (χ3n) is 1.37. The Bertz CT molecular complexity index is 324. The van der Waals surface area contributed by atoms with Crippen LogP contribution >= 0.6 is 15.9 Å². The van der Waals surface area contributed by atoms with Gasteiger partial charge in [0.05, 0.1) is 11.6 Å². The molecule has 0 amide bonds. The van der Waals surface area contributed by atoms with Crippen LogP contribution in [0.2, 0.25) is 0 Å². The smallest absolute Gasteiger partial charge is 0.205 e. The summed E-state index contributed by atoms with van der Waals surface area (Å²) >= 11 is 2.36. The maximum atomic E-state index is 12.8. The lowest BCUT2D eigenvalue weighted by atomic mass is 10.3. The van der Waals surface area contributed by atoms with Crippen molar-refractivity contribution in [3.05, 3.63) is 27.7 Å². The zero-order valence-corrected chi connectivity index (χ0v) is 7.88. The van der Waals surface area contributed by atoms with Crippen molar-refractivity contribution >= 4 is 15.9 Å². The van der Waals surface area contributed by atoms with E-state index in [2.05, 4.69) is 20.7 Å². The quantitative estimate of drug-likeness (QED) is 0.428. The molecule has 0 spiro atoms. The Morgan fingerprint density at radius 3 is 1.62 bits per heavy atom. The van der Waals surface area contributed by atoms with Crippen LogP contribution in [0.4, 0.5) is 17.6 Å². The predicted molar refractivity (Wildman–Crippen MR) is 40.5 cm³/mol. The Morgan fingerprint density at radius 1 is 0.923 bits per heavy atom. The molecule has 0 atom stereocenters. The number of methoxy groups -OCH3 is 1.